The van der Waals surface area contributed by atoms with E-state index in [4.69, 9.17) is 16.3 Å². The maximum absolute atomic E-state index is 12.5. The van der Waals surface area contributed by atoms with E-state index in [1.54, 1.807) is 12.1 Å². The molecule has 0 radical (unpaired) electrons. The lowest BCUT2D eigenvalue weighted by Crippen LogP contribution is -2.63. The minimum absolute atomic E-state index is 0.0371. The van der Waals surface area contributed by atoms with Gasteiger partial charge in [0, 0.05) is 24.5 Å². The first-order chi connectivity index (χ1) is 11.6. The molecule has 1 heterocycles. The van der Waals surface area contributed by atoms with Crippen molar-refractivity contribution in [2.24, 2.45) is 17.8 Å². The van der Waals surface area contributed by atoms with Gasteiger partial charge in [0.05, 0.1) is 17.5 Å². The highest BCUT2D eigenvalue weighted by Gasteiger charge is 2.56. The average Bonchev–Trinajstić information content (AvgIpc) is 3.20. The zero-order valence-corrected chi connectivity index (χ0v) is 14.5. The van der Waals surface area contributed by atoms with Crippen molar-refractivity contribution in [3.63, 3.8) is 0 Å². The van der Waals surface area contributed by atoms with Crippen LogP contribution >= 0.6 is 11.6 Å². The summed E-state index contributed by atoms with van der Waals surface area (Å²) >= 11 is 5.93. The summed E-state index contributed by atoms with van der Waals surface area (Å²) in [6, 6.07) is 5.21. The van der Waals surface area contributed by atoms with E-state index in [0.29, 0.717) is 30.3 Å². The highest BCUT2D eigenvalue weighted by molar-refractivity contribution is 6.32. The number of aromatic hydroxyl groups is 1. The molecule has 130 valence electrons. The highest BCUT2D eigenvalue weighted by atomic mass is 35.5. The van der Waals surface area contributed by atoms with Gasteiger partial charge in [-0.25, -0.2) is 0 Å². The fourth-order valence-electron chi connectivity index (χ4n) is 4.94. The molecule has 1 aromatic rings. The second-order valence-corrected chi connectivity index (χ2v) is 7.87. The Kier molecular flexibility index (Phi) is 4.44. The Balaban J connectivity index is 1.41. The molecule has 5 heteroatoms. The number of fused-ring (bicyclic) bond motifs is 1. The molecule has 1 amide bonds. The fourth-order valence-corrected chi connectivity index (χ4v) is 5.15. The van der Waals surface area contributed by atoms with Crippen molar-refractivity contribution >= 4 is 17.5 Å². The molecular weight excluding hydrogens is 326 g/mol. The van der Waals surface area contributed by atoms with E-state index in [0.717, 1.165) is 18.6 Å². The lowest BCUT2D eigenvalue weighted by molar-refractivity contribution is -0.129. The zero-order chi connectivity index (χ0) is 16.7. The predicted octanol–water partition coefficient (Wildman–Crippen LogP) is 3.30. The minimum atomic E-state index is 0.0371. The Morgan fingerprint density at radius 3 is 2.83 bits per heavy atom. The average molecular weight is 350 g/mol. The van der Waals surface area contributed by atoms with Gasteiger partial charge in [0.2, 0.25) is 5.91 Å². The number of amides is 1. The van der Waals surface area contributed by atoms with Gasteiger partial charge in [-0.1, -0.05) is 43.4 Å². The van der Waals surface area contributed by atoms with Crippen molar-refractivity contribution in [2.75, 3.05) is 6.61 Å². The van der Waals surface area contributed by atoms with Crippen molar-refractivity contribution in [1.82, 2.24) is 5.32 Å². The number of hydrogen-bond acceptors (Lipinski definition) is 3. The molecule has 1 aromatic carbocycles. The number of carbonyl (C=O) groups is 1. The largest absolute Gasteiger partial charge is 0.506 e. The summed E-state index contributed by atoms with van der Waals surface area (Å²) < 4.78 is 5.94. The molecule has 3 aliphatic rings. The van der Waals surface area contributed by atoms with Crippen molar-refractivity contribution < 1.29 is 14.6 Å². The molecule has 0 aromatic heterocycles. The number of halogens is 1. The van der Waals surface area contributed by atoms with E-state index in [1.807, 2.05) is 0 Å². The summed E-state index contributed by atoms with van der Waals surface area (Å²) in [7, 11) is 0. The van der Waals surface area contributed by atoms with E-state index in [2.05, 4.69) is 5.32 Å². The molecule has 2 aliphatic carbocycles. The number of phenols is 1. The van der Waals surface area contributed by atoms with E-state index in [-0.39, 0.29) is 22.7 Å². The van der Waals surface area contributed by atoms with Gasteiger partial charge in [0.25, 0.3) is 0 Å². The van der Waals surface area contributed by atoms with Crippen LogP contribution in [0.3, 0.4) is 0 Å². The van der Waals surface area contributed by atoms with Crippen LogP contribution in [0.4, 0.5) is 0 Å². The predicted molar refractivity (Wildman–Crippen MR) is 92.0 cm³/mol. The van der Waals surface area contributed by atoms with E-state index < -0.39 is 0 Å². The van der Waals surface area contributed by atoms with Crippen LogP contribution in [0.1, 0.15) is 37.7 Å². The van der Waals surface area contributed by atoms with Gasteiger partial charge in [-0.3, -0.25) is 4.79 Å². The van der Waals surface area contributed by atoms with Gasteiger partial charge in [0.15, 0.2) is 0 Å². The molecule has 4 rings (SSSR count). The van der Waals surface area contributed by atoms with Crippen LogP contribution < -0.4 is 5.32 Å². The number of carbonyl (C=O) groups excluding carboxylic acids is 1. The third kappa shape index (κ3) is 2.91. The molecule has 0 unspecified atom stereocenters. The zero-order valence-electron chi connectivity index (χ0n) is 13.7. The third-order valence-corrected chi connectivity index (χ3v) is 6.39. The number of hydrogen-bond donors (Lipinski definition) is 2. The van der Waals surface area contributed by atoms with E-state index >= 15 is 0 Å². The summed E-state index contributed by atoms with van der Waals surface area (Å²) in [5, 5.41) is 13.0. The number of ether oxygens (including phenoxy) is 1. The van der Waals surface area contributed by atoms with Gasteiger partial charge in [-0.15, -0.1) is 0 Å². The maximum Gasteiger partial charge on any atom is 0.224 e. The van der Waals surface area contributed by atoms with Crippen LogP contribution in [-0.2, 0) is 16.0 Å². The smallest absolute Gasteiger partial charge is 0.224 e. The first-order valence-electron chi connectivity index (χ1n) is 9.02. The second-order valence-electron chi connectivity index (χ2n) is 7.47. The van der Waals surface area contributed by atoms with Gasteiger partial charge in [-0.2, -0.15) is 0 Å². The second kappa shape index (κ2) is 6.57. The van der Waals surface area contributed by atoms with Gasteiger partial charge in [0.1, 0.15) is 5.75 Å². The summed E-state index contributed by atoms with van der Waals surface area (Å²) in [5.74, 6) is 1.77. The molecule has 4 atom stereocenters. The number of rotatable bonds is 4. The number of phenolic OH excluding ortho intramolecular Hbond substituents is 1. The van der Waals surface area contributed by atoms with Crippen molar-refractivity contribution in [3.8, 4) is 5.75 Å². The number of benzene rings is 1. The van der Waals surface area contributed by atoms with Crippen molar-refractivity contribution in [1.29, 1.82) is 0 Å². The molecule has 0 bridgehead atoms. The normalized spacial score (nSPS) is 32.4. The van der Waals surface area contributed by atoms with Crippen LogP contribution in [0.2, 0.25) is 5.02 Å². The van der Waals surface area contributed by atoms with Crippen LogP contribution in [-0.4, -0.2) is 29.8 Å². The summed E-state index contributed by atoms with van der Waals surface area (Å²) in [6.07, 6.45) is 6.89. The Morgan fingerprint density at radius 2 is 2.08 bits per heavy atom. The molecule has 2 saturated carbocycles. The standard InChI is InChI=1S/C19H24ClNO3/c20-14-9-11(5-6-15(14)22)10-16(23)21-18-13-7-8-24-19(13)17(18)12-3-1-2-4-12/h5-6,9,12-13,17-19,22H,1-4,7-8,10H2,(H,21,23)/t13-,17+,18+,19-/m0/s1. The van der Waals surface area contributed by atoms with Crippen LogP contribution in [0.5, 0.6) is 5.75 Å². The van der Waals surface area contributed by atoms with Gasteiger partial charge in [-0.05, 0) is 30.0 Å². The Bertz CT molecular complexity index is 624. The molecule has 1 saturated heterocycles. The van der Waals surface area contributed by atoms with Crippen molar-refractivity contribution in [2.45, 2.75) is 50.7 Å². The van der Waals surface area contributed by atoms with Crippen molar-refractivity contribution in [3.05, 3.63) is 28.8 Å². The molecule has 0 spiro atoms. The van der Waals surface area contributed by atoms with E-state index in [1.165, 1.54) is 31.7 Å². The van der Waals surface area contributed by atoms with Gasteiger partial charge >= 0.3 is 0 Å². The van der Waals surface area contributed by atoms with Crippen LogP contribution in [0, 0.1) is 17.8 Å². The highest BCUT2D eigenvalue weighted by Crippen LogP contribution is 2.51. The first-order valence-corrected chi connectivity index (χ1v) is 9.39. The summed E-state index contributed by atoms with van der Waals surface area (Å²) in [5.41, 5.74) is 0.825. The van der Waals surface area contributed by atoms with Gasteiger partial charge < -0.3 is 15.2 Å². The molecular formula is C19H24ClNO3. The molecule has 3 fully saturated rings. The third-order valence-electron chi connectivity index (χ3n) is 6.09. The summed E-state index contributed by atoms with van der Waals surface area (Å²) in [6.45, 7) is 0.832. The Labute approximate surface area is 147 Å². The van der Waals surface area contributed by atoms with Crippen LogP contribution in [0.25, 0.3) is 0 Å². The molecule has 24 heavy (non-hydrogen) atoms. The molecule has 2 N–H and O–H groups in total. The lowest BCUT2D eigenvalue weighted by atomic mass is 9.61. The minimum Gasteiger partial charge on any atom is -0.506 e. The SMILES string of the molecule is O=C(Cc1ccc(O)c(Cl)c1)N[C@@H]1[C@@H]2CCO[C@@H]2[C@@H]1C1CCCC1. The molecule has 4 nitrogen and oxygen atoms in total. The Hall–Kier alpha value is -1.26. The van der Waals surface area contributed by atoms with E-state index in [9.17, 15) is 9.90 Å². The first kappa shape index (κ1) is 16.2. The molecule has 1 aliphatic heterocycles. The quantitative estimate of drug-likeness (QED) is 0.876. The fraction of sp³-hybridized carbons (Fsp3) is 0.632. The lowest BCUT2D eigenvalue weighted by Gasteiger charge is -2.50. The number of nitrogens with one attached hydrogen (secondary N) is 1. The van der Waals surface area contributed by atoms with Crippen LogP contribution in [0.15, 0.2) is 18.2 Å². The maximum atomic E-state index is 12.5. The summed E-state index contributed by atoms with van der Waals surface area (Å²) in [4.78, 5) is 12.5. The Morgan fingerprint density at radius 1 is 1.29 bits per heavy atom. The topological polar surface area (TPSA) is 58.6 Å². The monoisotopic (exact) mass is 349 g/mol.